The summed E-state index contributed by atoms with van der Waals surface area (Å²) in [5, 5.41) is 2.81. The normalized spacial score (nSPS) is 14.3. The van der Waals surface area contributed by atoms with Crippen LogP contribution in [0.1, 0.15) is 21.1 Å². The van der Waals surface area contributed by atoms with Gasteiger partial charge in [-0.05, 0) is 37.3 Å². The van der Waals surface area contributed by atoms with Crippen LogP contribution in [0, 0.1) is 6.92 Å². The van der Waals surface area contributed by atoms with Crippen LogP contribution in [0.2, 0.25) is 0 Å². The number of hydrogen-bond donors (Lipinski definition) is 0. The summed E-state index contributed by atoms with van der Waals surface area (Å²) in [6, 6.07) is 11.5. The monoisotopic (exact) mass is 394 g/mol. The molecule has 6 nitrogen and oxygen atoms in total. The Labute approximate surface area is 168 Å². The highest BCUT2D eigenvalue weighted by atomic mass is 32.1. The zero-order chi connectivity index (χ0) is 19.5. The predicted molar refractivity (Wildman–Crippen MR) is 109 cm³/mol. The van der Waals surface area contributed by atoms with Crippen molar-refractivity contribution in [3.63, 3.8) is 0 Å². The third-order valence-corrected chi connectivity index (χ3v) is 5.85. The summed E-state index contributed by atoms with van der Waals surface area (Å²) in [4.78, 5) is 33.4. The molecule has 0 atom stereocenters. The molecule has 7 heteroatoms. The molecule has 0 spiro atoms. The molecule has 1 fully saturated rings. The lowest BCUT2D eigenvalue weighted by atomic mass is 10.1. The predicted octanol–water partition coefficient (Wildman–Crippen LogP) is 2.77. The van der Waals surface area contributed by atoms with Gasteiger partial charge in [0.1, 0.15) is 5.01 Å². The first-order chi connectivity index (χ1) is 13.6. The second-order valence-corrected chi connectivity index (χ2v) is 7.82. The maximum Gasteiger partial charge on any atom is 0.254 e. The van der Waals surface area contributed by atoms with Crippen LogP contribution < -0.4 is 0 Å². The van der Waals surface area contributed by atoms with E-state index < -0.39 is 0 Å². The van der Waals surface area contributed by atoms with Gasteiger partial charge in [0.25, 0.3) is 5.91 Å². The Morgan fingerprint density at radius 1 is 1.04 bits per heavy atom. The van der Waals surface area contributed by atoms with E-state index in [9.17, 15) is 9.59 Å². The Morgan fingerprint density at radius 2 is 1.75 bits per heavy atom. The maximum atomic E-state index is 12.9. The Hall–Kier alpha value is -2.93. The van der Waals surface area contributed by atoms with Gasteiger partial charge in [0.2, 0.25) is 5.91 Å². The molecule has 144 valence electrons. The number of hydrogen-bond acceptors (Lipinski definition) is 4. The number of carbonyl (C=O) groups is 2. The Morgan fingerprint density at radius 3 is 2.43 bits per heavy atom. The minimum Gasteiger partial charge on any atom is -0.339 e. The number of piperazine rings is 1. The van der Waals surface area contributed by atoms with E-state index in [4.69, 9.17) is 0 Å². The molecule has 1 aliphatic rings. The smallest absolute Gasteiger partial charge is 0.254 e. The lowest BCUT2D eigenvalue weighted by Crippen LogP contribution is -2.51. The van der Waals surface area contributed by atoms with E-state index in [0.29, 0.717) is 38.2 Å². The lowest BCUT2D eigenvalue weighted by molar-refractivity contribution is -0.131. The van der Waals surface area contributed by atoms with Crippen LogP contribution in [-0.2, 0) is 11.2 Å². The van der Waals surface area contributed by atoms with Gasteiger partial charge >= 0.3 is 0 Å². The Bertz CT molecular complexity index is 972. The second kappa shape index (κ2) is 7.98. The van der Waals surface area contributed by atoms with Gasteiger partial charge in [0.05, 0.1) is 6.42 Å². The van der Waals surface area contributed by atoms with Crippen molar-refractivity contribution in [1.82, 2.24) is 19.4 Å². The topological polar surface area (TPSA) is 58.4 Å². The first-order valence-corrected chi connectivity index (χ1v) is 10.2. The molecule has 3 aromatic rings. The lowest BCUT2D eigenvalue weighted by Gasteiger charge is -2.34. The van der Waals surface area contributed by atoms with Crippen molar-refractivity contribution in [3.8, 4) is 5.69 Å². The fourth-order valence-corrected chi connectivity index (χ4v) is 4.14. The van der Waals surface area contributed by atoms with Crippen LogP contribution in [0.4, 0.5) is 0 Å². The van der Waals surface area contributed by atoms with Crippen LogP contribution in [0.25, 0.3) is 5.69 Å². The van der Waals surface area contributed by atoms with Crippen molar-refractivity contribution in [1.29, 1.82) is 0 Å². The van der Waals surface area contributed by atoms with Crippen molar-refractivity contribution in [3.05, 3.63) is 70.4 Å². The molecular weight excluding hydrogens is 372 g/mol. The summed E-state index contributed by atoms with van der Waals surface area (Å²) in [5.74, 6) is 0.0905. The molecule has 2 amide bonds. The second-order valence-electron chi connectivity index (χ2n) is 6.87. The summed E-state index contributed by atoms with van der Waals surface area (Å²) in [7, 11) is 0. The molecule has 3 heterocycles. The number of benzene rings is 1. The number of carbonyl (C=O) groups excluding carboxylic acids is 2. The van der Waals surface area contributed by atoms with E-state index in [2.05, 4.69) is 4.98 Å². The van der Waals surface area contributed by atoms with E-state index in [-0.39, 0.29) is 11.8 Å². The highest BCUT2D eigenvalue weighted by molar-refractivity contribution is 7.09. The van der Waals surface area contributed by atoms with Crippen molar-refractivity contribution in [2.75, 3.05) is 26.2 Å². The average Bonchev–Trinajstić information content (AvgIpc) is 3.40. The van der Waals surface area contributed by atoms with E-state index in [1.165, 1.54) is 11.3 Å². The van der Waals surface area contributed by atoms with Crippen molar-refractivity contribution in [2.45, 2.75) is 13.3 Å². The minimum absolute atomic E-state index is 0.0108. The first-order valence-electron chi connectivity index (χ1n) is 9.31. The van der Waals surface area contributed by atoms with Crippen LogP contribution in [0.3, 0.4) is 0 Å². The molecule has 28 heavy (non-hydrogen) atoms. The first kappa shape index (κ1) is 18.4. The van der Waals surface area contributed by atoms with Gasteiger partial charge in [0.15, 0.2) is 0 Å². The van der Waals surface area contributed by atoms with Crippen molar-refractivity contribution in [2.24, 2.45) is 0 Å². The summed E-state index contributed by atoms with van der Waals surface area (Å²) in [6.45, 7) is 4.16. The maximum absolute atomic E-state index is 12.9. The number of nitrogens with zero attached hydrogens (tertiary/aromatic N) is 4. The molecule has 1 aromatic carbocycles. The highest BCUT2D eigenvalue weighted by Gasteiger charge is 2.25. The Balaban J connectivity index is 1.36. The zero-order valence-electron chi connectivity index (χ0n) is 15.7. The van der Waals surface area contributed by atoms with Crippen molar-refractivity contribution >= 4 is 23.2 Å². The minimum atomic E-state index is 0.0108. The molecule has 0 saturated carbocycles. The van der Waals surface area contributed by atoms with Gasteiger partial charge in [-0.15, -0.1) is 11.3 Å². The van der Waals surface area contributed by atoms with E-state index in [1.54, 1.807) is 0 Å². The van der Waals surface area contributed by atoms with Gasteiger partial charge in [-0.1, -0.05) is 6.07 Å². The average molecular weight is 395 g/mol. The molecule has 4 rings (SSSR count). The SMILES string of the molecule is Cc1csc(CC(=O)N2CCN(C(=O)c3cccc(-n4cccc4)c3)CC2)n1. The van der Waals surface area contributed by atoms with Crippen LogP contribution in [0.15, 0.2) is 54.2 Å². The molecule has 0 bridgehead atoms. The summed E-state index contributed by atoms with van der Waals surface area (Å²) in [6.07, 6.45) is 4.25. The highest BCUT2D eigenvalue weighted by Crippen LogP contribution is 2.16. The molecule has 0 unspecified atom stereocenters. The fraction of sp³-hybridized carbons (Fsp3) is 0.286. The van der Waals surface area contributed by atoms with Crippen LogP contribution >= 0.6 is 11.3 Å². The molecule has 0 radical (unpaired) electrons. The van der Waals surface area contributed by atoms with Crippen LogP contribution in [-0.4, -0.2) is 57.3 Å². The summed E-state index contributed by atoms with van der Waals surface area (Å²) in [5.41, 5.74) is 2.58. The van der Waals surface area contributed by atoms with Gasteiger partial charge in [-0.2, -0.15) is 0 Å². The van der Waals surface area contributed by atoms with E-state index in [1.807, 2.05) is 75.5 Å². The number of aromatic nitrogens is 2. The van der Waals surface area contributed by atoms with E-state index >= 15 is 0 Å². The molecule has 0 aliphatic carbocycles. The van der Waals surface area contributed by atoms with Gasteiger partial charge in [-0.3, -0.25) is 9.59 Å². The standard InChI is InChI=1S/C21H22N4O2S/c1-16-15-28-19(22-16)14-20(26)24-9-11-25(12-10-24)21(27)17-5-4-6-18(13-17)23-7-2-3-8-23/h2-8,13,15H,9-12,14H2,1H3. The van der Waals surface area contributed by atoms with Gasteiger partial charge < -0.3 is 14.4 Å². The third kappa shape index (κ3) is 3.99. The molecule has 2 aromatic heterocycles. The van der Waals surface area contributed by atoms with Crippen molar-refractivity contribution < 1.29 is 9.59 Å². The number of rotatable bonds is 4. The number of aryl methyl sites for hydroxylation is 1. The Kier molecular flexibility index (Phi) is 5.25. The summed E-state index contributed by atoms with van der Waals surface area (Å²) >= 11 is 1.52. The molecule has 1 aliphatic heterocycles. The molecular formula is C21H22N4O2S. The quantitative estimate of drug-likeness (QED) is 0.684. The number of thiazole rings is 1. The zero-order valence-corrected chi connectivity index (χ0v) is 16.6. The summed E-state index contributed by atoms with van der Waals surface area (Å²) < 4.78 is 1.98. The molecule has 0 N–H and O–H groups in total. The van der Waals surface area contributed by atoms with Gasteiger partial charge in [0, 0.05) is 60.9 Å². The van der Waals surface area contributed by atoms with Gasteiger partial charge in [-0.25, -0.2) is 4.98 Å². The molecule has 1 saturated heterocycles. The van der Waals surface area contributed by atoms with E-state index in [0.717, 1.165) is 16.4 Å². The fourth-order valence-electron chi connectivity index (χ4n) is 3.37. The number of amides is 2. The largest absolute Gasteiger partial charge is 0.339 e. The third-order valence-electron chi connectivity index (χ3n) is 4.88. The van der Waals surface area contributed by atoms with Crippen LogP contribution in [0.5, 0.6) is 0 Å².